The Bertz CT molecular complexity index is 525. The summed E-state index contributed by atoms with van der Waals surface area (Å²) >= 11 is 0. The van der Waals surface area contributed by atoms with Crippen molar-refractivity contribution in [1.29, 1.82) is 0 Å². The molecule has 1 aliphatic rings. The lowest BCUT2D eigenvalue weighted by atomic mass is 10.0. The number of aromatic nitrogens is 1. The number of H-pyrrole nitrogens is 1. The van der Waals surface area contributed by atoms with Crippen molar-refractivity contribution in [3.05, 3.63) is 22.5 Å². The number of likely N-dealkylation sites (tertiary alicyclic amines) is 1. The molecule has 1 amide bonds. The molecular weight excluding hydrogens is 278 g/mol. The molecule has 1 atom stereocenters. The minimum Gasteiger partial charge on any atom is -0.354 e. The molecule has 0 bridgehead atoms. The summed E-state index contributed by atoms with van der Waals surface area (Å²) in [6.45, 7) is 6.62. The molecule has 2 heterocycles. The largest absolute Gasteiger partial charge is 0.354 e. The summed E-state index contributed by atoms with van der Waals surface area (Å²) < 4.78 is 0. The second kappa shape index (κ2) is 6.41. The Hall–Kier alpha value is -1.33. The SMILES string of the molecule is CCc1c(C(=O)N2CC[C@H](N)C2)[nH]c(C)c1C(C)=O.Cl. The van der Waals surface area contributed by atoms with Crippen LogP contribution in [0, 0.1) is 6.92 Å². The monoisotopic (exact) mass is 299 g/mol. The first-order valence-electron chi connectivity index (χ1n) is 6.72. The van der Waals surface area contributed by atoms with Gasteiger partial charge in [-0.3, -0.25) is 9.59 Å². The first kappa shape index (κ1) is 16.7. The highest BCUT2D eigenvalue weighted by Crippen LogP contribution is 2.23. The van der Waals surface area contributed by atoms with E-state index in [1.165, 1.54) is 6.92 Å². The van der Waals surface area contributed by atoms with Gasteiger partial charge in [0.05, 0.1) is 0 Å². The summed E-state index contributed by atoms with van der Waals surface area (Å²) in [6, 6.07) is 0.0670. The molecule has 20 heavy (non-hydrogen) atoms. The Balaban J connectivity index is 0.00000200. The zero-order valence-electron chi connectivity index (χ0n) is 12.2. The van der Waals surface area contributed by atoms with Crippen molar-refractivity contribution in [2.75, 3.05) is 13.1 Å². The van der Waals surface area contributed by atoms with Gasteiger partial charge in [-0.25, -0.2) is 0 Å². The number of hydrogen-bond donors (Lipinski definition) is 2. The predicted molar refractivity (Wildman–Crippen MR) is 80.7 cm³/mol. The van der Waals surface area contributed by atoms with Crippen LogP contribution in [0.1, 0.15) is 52.4 Å². The van der Waals surface area contributed by atoms with E-state index in [-0.39, 0.29) is 30.1 Å². The molecule has 0 aliphatic carbocycles. The van der Waals surface area contributed by atoms with E-state index in [1.807, 2.05) is 13.8 Å². The molecule has 112 valence electrons. The second-order valence-corrected chi connectivity index (χ2v) is 5.19. The van der Waals surface area contributed by atoms with E-state index in [0.29, 0.717) is 30.8 Å². The summed E-state index contributed by atoms with van der Waals surface area (Å²) in [6.07, 6.45) is 1.51. The topological polar surface area (TPSA) is 79.2 Å². The third kappa shape index (κ3) is 2.88. The number of ketones is 1. The molecule has 0 saturated carbocycles. The highest BCUT2D eigenvalue weighted by atomic mass is 35.5. The van der Waals surface area contributed by atoms with Gasteiger partial charge in [-0.1, -0.05) is 6.92 Å². The van der Waals surface area contributed by atoms with Crippen LogP contribution in [-0.2, 0) is 6.42 Å². The van der Waals surface area contributed by atoms with Crippen molar-refractivity contribution in [1.82, 2.24) is 9.88 Å². The Kier molecular flexibility index (Phi) is 5.36. The molecule has 1 saturated heterocycles. The lowest BCUT2D eigenvalue weighted by Gasteiger charge is -2.15. The fourth-order valence-electron chi connectivity index (χ4n) is 2.82. The number of halogens is 1. The van der Waals surface area contributed by atoms with Gasteiger partial charge in [-0.05, 0) is 32.3 Å². The van der Waals surface area contributed by atoms with E-state index < -0.39 is 0 Å². The average Bonchev–Trinajstić information content (AvgIpc) is 2.91. The zero-order chi connectivity index (χ0) is 14.2. The molecule has 2 rings (SSSR count). The van der Waals surface area contributed by atoms with Crippen molar-refractivity contribution in [3.63, 3.8) is 0 Å². The van der Waals surface area contributed by atoms with Crippen LogP contribution in [-0.4, -0.2) is 40.7 Å². The number of carbonyl (C=O) groups is 2. The summed E-state index contributed by atoms with van der Waals surface area (Å²) in [5.41, 5.74) is 8.66. The first-order valence-corrected chi connectivity index (χ1v) is 6.72. The number of Topliss-reactive ketones (excluding diaryl/α,β-unsaturated/α-hetero) is 1. The smallest absolute Gasteiger partial charge is 0.270 e. The number of aromatic amines is 1. The highest BCUT2D eigenvalue weighted by molar-refractivity contribution is 6.02. The van der Waals surface area contributed by atoms with E-state index in [1.54, 1.807) is 4.90 Å². The zero-order valence-corrected chi connectivity index (χ0v) is 13.0. The fourth-order valence-corrected chi connectivity index (χ4v) is 2.82. The number of aryl methyl sites for hydroxylation is 1. The normalized spacial score (nSPS) is 18.0. The van der Waals surface area contributed by atoms with Gasteiger partial charge in [0.25, 0.3) is 5.91 Å². The Morgan fingerprint density at radius 2 is 2.10 bits per heavy atom. The van der Waals surface area contributed by atoms with Gasteiger partial charge >= 0.3 is 0 Å². The van der Waals surface area contributed by atoms with Crippen LogP contribution in [0.5, 0.6) is 0 Å². The third-order valence-corrected chi connectivity index (χ3v) is 3.72. The van der Waals surface area contributed by atoms with Crippen LogP contribution in [0.2, 0.25) is 0 Å². The van der Waals surface area contributed by atoms with Crippen LogP contribution in [0.4, 0.5) is 0 Å². The number of amides is 1. The van der Waals surface area contributed by atoms with Crippen molar-refractivity contribution < 1.29 is 9.59 Å². The number of carbonyl (C=O) groups excluding carboxylic acids is 2. The van der Waals surface area contributed by atoms with E-state index in [0.717, 1.165) is 17.7 Å². The Morgan fingerprint density at radius 1 is 1.45 bits per heavy atom. The van der Waals surface area contributed by atoms with Crippen LogP contribution < -0.4 is 5.73 Å². The molecule has 0 unspecified atom stereocenters. The summed E-state index contributed by atoms with van der Waals surface area (Å²) in [7, 11) is 0. The molecule has 0 spiro atoms. The van der Waals surface area contributed by atoms with Gasteiger partial charge in [-0.15, -0.1) is 12.4 Å². The maximum atomic E-state index is 12.5. The molecule has 0 radical (unpaired) electrons. The molecule has 1 aromatic heterocycles. The minimum atomic E-state index is -0.0413. The van der Waals surface area contributed by atoms with Gasteiger partial charge in [0.1, 0.15) is 5.69 Å². The maximum Gasteiger partial charge on any atom is 0.270 e. The van der Waals surface area contributed by atoms with Crippen molar-refractivity contribution in [2.24, 2.45) is 5.73 Å². The maximum absolute atomic E-state index is 12.5. The van der Waals surface area contributed by atoms with E-state index >= 15 is 0 Å². The molecule has 3 N–H and O–H groups in total. The summed E-state index contributed by atoms with van der Waals surface area (Å²) in [5, 5.41) is 0. The van der Waals surface area contributed by atoms with Gasteiger partial charge in [0.2, 0.25) is 0 Å². The summed E-state index contributed by atoms with van der Waals surface area (Å²) in [4.78, 5) is 29.0. The molecule has 1 aromatic rings. The van der Waals surface area contributed by atoms with Gasteiger partial charge < -0.3 is 15.6 Å². The predicted octanol–water partition coefficient (Wildman–Crippen LogP) is 1.68. The third-order valence-electron chi connectivity index (χ3n) is 3.72. The van der Waals surface area contributed by atoms with Gasteiger partial charge in [0.15, 0.2) is 5.78 Å². The van der Waals surface area contributed by atoms with E-state index in [9.17, 15) is 9.59 Å². The number of rotatable bonds is 3. The number of nitrogens with one attached hydrogen (secondary N) is 1. The molecule has 0 aromatic carbocycles. The number of nitrogens with two attached hydrogens (primary N) is 1. The Morgan fingerprint density at radius 3 is 2.55 bits per heavy atom. The van der Waals surface area contributed by atoms with E-state index in [4.69, 9.17) is 5.73 Å². The van der Waals surface area contributed by atoms with Crippen LogP contribution in [0.3, 0.4) is 0 Å². The van der Waals surface area contributed by atoms with Crippen molar-refractivity contribution in [3.8, 4) is 0 Å². The molecule has 6 heteroatoms. The molecule has 1 aliphatic heterocycles. The second-order valence-electron chi connectivity index (χ2n) is 5.19. The molecule has 5 nitrogen and oxygen atoms in total. The molecular formula is C14H22ClN3O2. The lowest BCUT2D eigenvalue weighted by molar-refractivity contribution is 0.0784. The molecule has 1 fully saturated rings. The van der Waals surface area contributed by atoms with Crippen LogP contribution >= 0.6 is 12.4 Å². The van der Waals surface area contributed by atoms with Gasteiger partial charge in [0, 0.05) is 30.4 Å². The minimum absolute atomic E-state index is 0. The van der Waals surface area contributed by atoms with Crippen molar-refractivity contribution >= 4 is 24.1 Å². The highest BCUT2D eigenvalue weighted by Gasteiger charge is 2.29. The van der Waals surface area contributed by atoms with Gasteiger partial charge in [-0.2, -0.15) is 0 Å². The number of hydrogen-bond acceptors (Lipinski definition) is 3. The average molecular weight is 300 g/mol. The van der Waals surface area contributed by atoms with Crippen LogP contribution in [0.25, 0.3) is 0 Å². The standard InChI is InChI=1S/C14H21N3O2.ClH/c1-4-11-12(9(3)18)8(2)16-13(11)14(19)17-6-5-10(15)7-17;/h10,16H,4-7,15H2,1-3H3;1H/t10-;/m0./s1. The van der Waals surface area contributed by atoms with Crippen LogP contribution in [0.15, 0.2) is 0 Å². The van der Waals surface area contributed by atoms with E-state index in [2.05, 4.69) is 4.98 Å². The Labute approximate surface area is 125 Å². The first-order chi connectivity index (χ1) is 8.95. The fraction of sp³-hybridized carbons (Fsp3) is 0.571. The number of nitrogens with zero attached hydrogens (tertiary/aromatic N) is 1. The lowest BCUT2D eigenvalue weighted by Crippen LogP contribution is -2.32. The van der Waals surface area contributed by atoms with Crippen molar-refractivity contribution in [2.45, 2.75) is 39.7 Å². The summed E-state index contributed by atoms with van der Waals surface area (Å²) in [5.74, 6) is -0.0387. The quantitative estimate of drug-likeness (QED) is 0.834.